The smallest absolute Gasteiger partial charge is 0.125 e. The van der Waals surface area contributed by atoms with Gasteiger partial charge in [0.1, 0.15) is 5.82 Å². The van der Waals surface area contributed by atoms with Crippen LogP contribution in [0, 0.1) is 6.92 Å². The third-order valence-electron chi connectivity index (χ3n) is 2.87. The van der Waals surface area contributed by atoms with Crippen molar-refractivity contribution in [1.82, 2.24) is 15.3 Å². The molecule has 1 aromatic rings. The number of aliphatic hydroxyl groups excluding tert-OH is 1. The standard InChI is InChI=1S/C11H17N3O.ClH/c1-8-13-6-10(7-15)11(14-8)9-3-2-4-12-5-9;/h6,9,12,15H,2-5,7H2,1H3;1H. The number of halogens is 1. The Balaban J connectivity index is 0.00000128. The van der Waals surface area contributed by atoms with Crippen molar-refractivity contribution in [3.05, 3.63) is 23.3 Å². The van der Waals surface area contributed by atoms with Gasteiger partial charge in [0, 0.05) is 24.2 Å². The van der Waals surface area contributed by atoms with Crippen LogP contribution in [0.2, 0.25) is 0 Å². The molecule has 90 valence electrons. The summed E-state index contributed by atoms with van der Waals surface area (Å²) < 4.78 is 0. The Labute approximate surface area is 102 Å². The molecule has 1 saturated heterocycles. The quantitative estimate of drug-likeness (QED) is 0.819. The van der Waals surface area contributed by atoms with Crippen LogP contribution in [0.5, 0.6) is 0 Å². The summed E-state index contributed by atoms with van der Waals surface area (Å²) in [6, 6.07) is 0. The zero-order valence-electron chi connectivity index (χ0n) is 9.44. The van der Waals surface area contributed by atoms with Gasteiger partial charge in [0.15, 0.2) is 0 Å². The van der Waals surface area contributed by atoms with E-state index in [4.69, 9.17) is 0 Å². The molecule has 2 heterocycles. The largest absolute Gasteiger partial charge is 0.392 e. The number of piperidine rings is 1. The van der Waals surface area contributed by atoms with Crippen molar-refractivity contribution in [2.24, 2.45) is 0 Å². The second-order valence-corrected chi connectivity index (χ2v) is 4.03. The molecule has 0 aliphatic carbocycles. The molecule has 5 heteroatoms. The van der Waals surface area contributed by atoms with E-state index in [-0.39, 0.29) is 19.0 Å². The molecule has 1 aromatic heterocycles. The topological polar surface area (TPSA) is 58.0 Å². The van der Waals surface area contributed by atoms with Crippen LogP contribution in [0.4, 0.5) is 0 Å². The fourth-order valence-electron chi connectivity index (χ4n) is 2.07. The predicted molar refractivity (Wildman–Crippen MR) is 64.8 cm³/mol. The van der Waals surface area contributed by atoms with Crippen LogP contribution in [0.25, 0.3) is 0 Å². The van der Waals surface area contributed by atoms with E-state index in [0.29, 0.717) is 5.92 Å². The summed E-state index contributed by atoms with van der Waals surface area (Å²) in [6.07, 6.45) is 4.07. The first-order valence-corrected chi connectivity index (χ1v) is 5.45. The molecule has 0 aromatic carbocycles. The van der Waals surface area contributed by atoms with Crippen LogP contribution < -0.4 is 5.32 Å². The minimum atomic E-state index is 0. The summed E-state index contributed by atoms with van der Waals surface area (Å²) in [7, 11) is 0. The van der Waals surface area contributed by atoms with Gasteiger partial charge in [-0.3, -0.25) is 0 Å². The summed E-state index contributed by atoms with van der Waals surface area (Å²) in [5.74, 6) is 1.22. The van der Waals surface area contributed by atoms with Crippen LogP contribution in [-0.2, 0) is 6.61 Å². The fraction of sp³-hybridized carbons (Fsp3) is 0.636. The van der Waals surface area contributed by atoms with E-state index in [1.165, 1.54) is 6.42 Å². The molecular formula is C11H18ClN3O. The highest BCUT2D eigenvalue weighted by Gasteiger charge is 2.19. The highest BCUT2D eigenvalue weighted by molar-refractivity contribution is 5.85. The monoisotopic (exact) mass is 243 g/mol. The lowest BCUT2D eigenvalue weighted by Gasteiger charge is -2.23. The van der Waals surface area contributed by atoms with Crippen molar-refractivity contribution in [2.45, 2.75) is 32.3 Å². The van der Waals surface area contributed by atoms with Gasteiger partial charge in [0.25, 0.3) is 0 Å². The Morgan fingerprint density at radius 3 is 3.00 bits per heavy atom. The minimum Gasteiger partial charge on any atom is -0.392 e. The summed E-state index contributed by atoms with van der Waals surface area (Å²) in [5, 5.41) is 12.6. The maximum absolute atomic E-state index is 9.24. The van der Waals surface area contributed by atoms with E-state index < -0.39 is 0 Å². The van der Waals surface area contributed by atoms with Crippen molar-refractivity contribution >= 4 is 12.4 Å². The lowest BCUT2D eigenvalue weighted by Crippen LogP contribution is -2.29. The summed E-state index contributed by atoms with van der Waals surface area (Å²) in [6.45, 7) is 3.98. The van der Waals surface area contributed by atoms with Gasteiger partial charge >= 0.3 is 0 Å². The molecule has 4 nitrogen and oxygen atoms in total. The summed E-state index contributed by atoms with van der Waals surface area (Å²) in [5.41, 5.74) is 1.89. The minimum absolute atomic E-state index is 0. The van der Waals surface area contributed by atoms with E-state index in [1.807, 2.05) is 6.92 Å². The molecule has 1 aliphatic heterocycles. The van der Waals surface area contributed by atoms with Crippen molar-refractivity contribution < 1.29 is 5.11 Å². The van der Waals surface area contributed by atoms with Crippen LogP contribution in [0.15, 0.2) is 6.20 Å². The number of hydrogen-bond acceptors (Lipinski definition) is 4. The average Bonchev–Trinajstić information content (AvgIpc) is 2.30. The Hall–Kier alpha value is -0.710. The SMILES string of the molecule is Cc1ncc(CO)c(C2CCCNC2)n1.Cl. The molecule has 1 unspecified atom stereocenters. The number of rotatable bonds is 2. The maximum atomic E-state index is 9.24. The van der Waals surface area contributed by atoms with E-state index in [9.17, 15) is 5.11 Å². The van der Waals surface area contributed by atoms with E-state index in [1.54, 1.807) is 6.20 Å². The molecule has 0 amide bonds. The maximum Gasteiger partial charge on any atom is 0.125 e. The fourth-order valence-corrected chi connectivity index (χ4v) is 2.07. The predicted octanol–water partition coefficient (Wildman–Crippen LogP) is 1.17. The van der Waals surface area contributed by atoms with Gasteiger partial charge in [0.05, 0.1) is 12.3 Å². The first-order chi connectivity index (χ1) is 7.31. The average molecular weight is 244 g/mol. The van der Waals surface area contributed by atoms with Crippen LogP contribution in [0.1, 0.15) is 35.8 Å². The van der Waals surface area contributed by atoms with Crippen molar-refractivity contribution in [2.75, 3.05) is 13.1 Å². The summed E-state index contributed by atoms with van der Waals surface area (Å²) in [4.78, 5) is 8.57. The highest BCUT2D eigenvalue weighted by atomic mass is 35.5. The normalized spacial score (nSPS) is 20.2. The molecule has 2 N–H and O–H groups in total. The van der Waals surface area contributed by atoms with Crippen LogP contribution in [0.3, 0.4) is 0 Å². The molecule has 1 atom stereocenters. The number of aromatic nitrogens is 2. The van der Waals surface area contributed by atoms with Crippen LogP contribution in [-0.4, -0.2) is 28.2 Å². The first kappa shape index (κ1) is 13.4. The van der Waals surface area contributed by atoms with Gasteiger partial charge < -0.3 is 10.4 Å². The Morgan fingerprint density at radius 1 is 1.56 bits per heavy atom. The Kier molecular flexibility index (Phi) is 5.12. The number of aryl methyl sites for hydroxylation is 1. The van der Waals surface area contributed by atoms with E-state index in [2.05, 4.69) is 15.3 Å². The van der Waals surface area contributed by atoms with Gasteiger partial charge in [-0.05, 0) is 26.3 Å². The molecule has 1 fully saturated rings. The Morgan fingerprint density at radius 2 is 2.38 bits per heavy atom. The third-order valence-corrected chi connectivity index (χ3v) is 2.87. The molecule has 0 spiro atoms. The van der Waals surface area contributed by atoms with Gasteiger partial charge in [-0.2, -0.15) is 0 Å². The molecule has 1 aliphatic rings. The lowest BCUT2D eigenvalue weighted by molar-refractivity contribution is 0.277. The third kappa shape index (κ3) is 2.90. The molecule has 0 saturated carbocycles. The van der Waals surface area contributed by atoms with Crippen LogP contribution >= 0.6 is 12.4 Å². The van der Waals surface area contributed by atoms with E-state index in [0.717, 1.165) is 36.6 Å². The van der Waals surface area contributed by atoms with Crippen molar-refractivity contribution in [3.63, 3.8) is 0 Å². The number of hydrogen-bond donors (Lipinski definition) is 2. The zero-order chi connectivity index (χ0) is 10.7. The lowest BCUT2D eigenvalue weighted by atomic mass is 9.93. The summed E-state index contributed by atoms with van der Waals surface area (Å²) >= 11 is 0. The van der Waals surface area contributed by atoms with Gasteiger partial charge in [-0.25, -0.2) is 9.97 Å². The Bertz CT molecular complexity index is 340. The van der Waals surface area contributed by atoms with Crippen molar-refractivity contribution in [1.29, 1.82) is 0 Å². The first-order valence-electron chi connectivity index (χ1n) is 5.45. The molecule has 2 rings (SSSR count). The number of nitrogens with zero attached hydrogens (tertiary/aromatic N) is 2. The number of nitrogens with one attached hydrogen (secondary N) is 1. The zero-order valence-corrected chi connectivity index (χ0v) is 10.3. The van der Waals surface area contributed by atoms with Gasteiger partial charge in [-0.1, -0.05) is 0 Å². The van der Waals surface area contributed by atoms with Crippen molar-refractivity contribution in [3.8, 4) is 0 Å². The highest BCUT2D eigenvalue weighted by Crippen LogP contribution is 2.24. The van der Waals surface area contributed by atoms with E-state index >= 15 is 0 Å². The van der Waals surface area contributed by atoms with Gasteiger partial charge in [-0.15, -0.1) is 12.4 Å². The molecular weight excluding hydrogens is 226 g/mol. The molecule has 16 heavy (non-hydrogen) atoms. The second kappa shape index (κ2) is 6.13. The van der Waals surface area contributed by atoms with Gasteiger partial charge in [0.2, 0.25) is 0 Å². The molecule has 0 bridgehead atoms. The number of aliphatic hydroxyl groups is 1. The molecule has 0 radical (unpaired) electrons. The second-order valence-electron chi connectivity index (χ2n) is 4.03.